The third-order valence-corrected chi connectivity index (χ3v) is 2.84. The number of carbonyl (C=O) groups is 1. The molecule has 0 saturated heterocycles. The van der Waals surface area contributed by atoms with Gasteiger partial charge in [0.2, 0.25) is 0 Å². The molecule has 0 spiro atoms. The number of nitrogens with zero attached hydrogens (tertiary/aromatic N) is 2. The van der Waals surface area contributed by atoms with Gasteiger partial charge in [0.05, 0.1) is 17.9 Å². The maximum atomic E-state index is 11.8. The minimum Gasteiger partial charge on any atom is -0.397 e. The van der Waals surface area contributed by atoms with Crippen LogP contribution in [0.5, 0.6) is 0 Å². The zero-order valence-electron chi connectivity index (χ0n) is 11.8. The second-order valence-corrected chi connectivity index (χ2v) is 4.78. The fourth-order valence-electron chi connectivity index (χ4n) is 1.80. The number of nitrogen functional groups attached to an aromatic ring is 1. The second-order valence-electron chi connectivity index (χ2n) is 4.78. The Hall–Kier alpha value is -2.50. The van der Waals surface area contributed by atoms with E-state index >= 15 is 0 Å². The lowest BCUT2D eigenvalue weighted by Crippen LogP contribution is -2.21. The van der Waals surface area contributed by atoms with Gasteiger partial charge >= 0.3 is 0 Å². The lowest BCUT2D eigenvalue weighted by atomic mass is 10.1. The van der Waals surface area contributed by atoms with Crippen molar-refractivity contribution in [3.63, 3.8) is 0 Å². The minimum absolute atomic E-state index is 0.0737. The molecule has 2 rings (SSSR count). The van der Waals surface area contributed by atoms with E-state index in [1.165, 1.54) is 4.90 Å². The molecule has 0 bridgehead atoms. The van der Waals surface area contributed by atoms with Crippen molar-refractivity contribution in [1.82, 2.24) is 10.1 Å². The minimum atomic E-state index is -0.0737. The lowest BCUT2D eigenvalue weighted by Gasteiger charge is -2.13. The first kappa shape index (κ1) is 13.9. The Morgan fingerprint density at radius 2 is 2.15 bits per heavy atom. The predicted molar refractivity (Wildman–Crippen MR) is 77.4 cm³/mol. The third-order valence-electron chi connectivity index (χ3n) is 2.84. The summed E-state index contributed by atoms with van der Waals surface area (Å²) in [6.45, 7) is 2.36. The Labute approximate surface area is 117 Å². The van der Waals surface area contributed by atoms with Crippen molar-refractivity contribution in [1.29, 1.82) is 0 Å². The van der Waals surface area contributed by atoms with Crippen LogP contribution in [-0.4, -0.2) is 30.1 Å². The molecule has 0 aliphatic rings. The topological polar surface area (TPSA) is 84.4 Å². The van der Waals surface area contributed by atoms with Crippen LogP contribution >= 0.6 is 0 Å². The van der Waals surface area contributed by atoms with Crippen molar-refractivity contribution in [2.75, 3.05) is 25.1 Å². The van der Waals surface area contributed by atoms with Gasteiger partial charge in [-0.25, -0.2) is 0 Å². The Bertz CT molecular complexity index is 619. The van der Waals surface area contributed by atoms with E-state index < -0.39 is 0 Å². The fourth-order valence-corrected chi connectivity index (χ4v) is 1.80. The van der Waals surface area contributed by atoms with Crippen LogP contribution in [0.4, 0.5) is 11.4 Å². The molecule has 1 amide bonds. The predicted octanol–water partition coefficient (Wildman–Crippen LogP) is 1.88. The average Bonchev–Trinajstić information content (AvgIpc) is 2.82. The van der Waals surface area contributed by atoms with Crippen LogP contribution in [0.15, 0.2) is 28.8 Å². The second kappa shape index (κ2) is 5.64. The van der Waals surface area contributed by atoms with Crippen LogP contribution in [0, 0.1) is 6.92 Å². The molecule has 0 aliphatic heterocycles. The van der Waals surface area contributed by atoms with Crippen molar-refractivity contribution in [3.8, 4) is 0 Å². The number of hydrogen-bond donors (Lipinski definition) is 2. The molecular formula is C14H18N4O2. The monoisotopic (exact) mass is 274 g/mol. The molecule has 3 N–H and O–H groups in total. The van der Waals surface area contributed by atoms with Crippen molar-refractivity contribution >= 4 is 17.3 Å². The number of carbonyl (C=O) groups excluding carboxylic acids is 1. The number of hydrogen-bond acceptors (Lipinski definition) is 5. The molecule has 106 valence electrons. The summed E-state index contributed by atoms with van der Waals surface area (Å²) in [6.07, 6.45) is 0. The van der Waals surface area contributed by atoms with Gasteiger partial charge in [-0.3, -0.25) is 4.79 Å². The number of benzene rings is 1. The molecule has 20 heavy (non-hydrogen) atoms. The maximum absolute atomic E-state index is 11.8. The summed E-state index contributed by atoms with van der Waals surface area (Å²) in [5.41, 5.74) is 8.61. The van der Waals surface area contributed by atoms with Crippen molar-refractivity contribution < 1.29 is 9.32 Å². The van der Waals surface area contributed by atoms with Gasteiger partial charge < -0.3 is 20.5 Å². The molecule has 1 aromatic carbocycles. The molecular weight excluding hydrogens is 256 g/mol. The van der Waals surface area contributed by atoms with Gasteiger partial charge in [0.15, 0.2) is 0 Å². The number of aryl methyl sites for hydroxylation is 1. The highest BCUT2D eigenvalue weighted by Crippen LogP contribution is 2.21. The molecule has 1 aromatic heterocycles. The summed E-state index contributed by atoms with van der Waals surface area (Å²) < 4.78 is 4.99. The first-order valence-electron chi connectivity index (χ1n) is 6.24. The fraction of sp³-hybridized carbons (Fsp3) is 0.286. The molecule has 0 unspecified atom stereocenters. The number of rotatable bonds is 4. The van der Waals surface area contributed by atoms with E-state index in [1.807, 2.05) is 13.0 Å². The molecule has 0 atom stereocenters. The van der Waals surface area contributed by atoms with Gasteiger partial charge in [0.25, 0.3) is 5.91 Å². The molecule has 6 heteroatoms. The van der Waals surface area contributed by atoms with Gasteiger partial charge in [-0.1, -0.05) is 5.16 Å². The smallest absolute Gasteiger partial charge is 0.253 e. The van der Waals surface area contributed by atoms with E-state index in [-0.39, 0.29) is 5.91 Å². The van der Waals surface area contributed by atoms with Crippen molar-refractivity contribution in [2.24, 2.45) is 0 Å². The summed E-state index contributed by atoms with van der Waals surface area (Å²) >= 11 is 0. The third kappa shape index (κ3) is 3.09. The highest BCUT2D eigenvalue weighted by atomic mass is 16.5. The molecule has 0 radical (unpaired) electrons. The normalized spacial score (nSPS) is 10.3. The van der Waals surface area contributed by atoms with E-state index in [9.17, 15) is 4.79 Å². The summed E-state index contributed by atoms with van der Waals surface area (Å²) in [4.78, 5) is 13.3. The molecule has 1 heterocycles. The maximum Gasteiger partial charge on any atom is 0.253 e. The van der Waals surface area contributed by atoms with Crippen molar-refractivity contribution in [2.45, 2.75) is 13.5 Å². The number of amides is 1. The first-order chi connectivity index (χ1) is 9.47. The average molecular weight is 274 g/mol. The zero-order valence-corrected chi connectivity index (χ0v) is 11.8. The van der Waals surface area contributed by atoms with Gasteiger partial charge in [-0.15, -0.1) is 0 Å². The first-order valence-corrected chi connectivity index (χ1v) is 6.24. The van der Waals surface area contributed by atoms with E-state index in [4.69, 9.17) is 10.3 Å². The van der Waals surface area contributed by atoms with E-state index in [0.29, 0.717) is 17.8 Å². The van der Waals surface area contributed by atoms with Crippen LogP contribution in [0.1, 0.15) is 21.8 Å². The van der Waals surface area contributed by atoms with Gasteiger partial charge in [-0.2, -0.15) is 0 Å². The molecule has 0 aliphatic carbocycles. The Morgan fingerprint density at radius 3 is 2.70 bits per heavy atom. The summed E-state index contributed by atoms with van der Waals surface area (Å²) in [5, 5.41) is 7.06. The lowest BCUT2D eigenvalue weighted by molar-refractivity contribution is 0.0827. The zero-order chi connectivity index (χ0) is 14.7. The standard InChI is InChI=1S/C14H18N4O2/c1-9-6-11(17-20-9)8-16-13-5-4-10(7-12(13)15)14(19)18(2)3/h4-7,16H,8,15H2,1-3H3. The Morgan fingerprint density at radius 1 is 1.40 bits per heavy atom. The van der Waals surface area contributed by atoms with Gasteiger partial charge in [0.1, 0.15) is 11.5 Å². The molecule has 2 aromatic rings. The van der Waals surface area contributed by atoms with E-state index in [2.05, 4.69) is 10.5 Å². The number of aromatic nitrogens is 1. The van der Waals surface area contributed by atoms with Gasteiger partial charge in [0, 0.05) is 25.7 Å². The van der Waals surface area contributed by atoms with Crippen LogP contribution in [0.3, 0.4) is 0 Å². The number of nitrogens with one attached hydrogen (secondary N) is 1. The van der Waals surface area contributed by atoms with Crippen LogP contribution < -0.4 is 11.1 Å². The Balaban J connectivity index is 2.08. The quantitative estimate of drug-likeness (QED) is 0.832. The van der Waals surface area contributed by atoms with Crippen molar-refractivity contribution in [3.05, 3.63) is 41.3 Å². The summed E-state index contributed by atoms with van der Waals surface area (Å²) in [7, 11) is 3.41. The van der Waals surface area contributed by atoms with E-state index in [0.717, 1.165) is 17.1 Å². The summed E-state index contributed by atoms with van der Waals surface area (Å²) in [5.74, 6) is 0.692. The largest absolute Gasteiger partial charge is 0.397 e. The molecule has 0 saturated carbocycles. The van der Waals surface area contributed by atoms with E-state index in [1.54, 1.807) is 32.3 Å². The molecule has 6 nitrogen and oxygen atoms in total. The number of anilines is 2. The van der Waals surface area contributed by atoms with Crippen LogP contribution in [0.25, 0.3) is 0 Å². The Kier molecular flexibility index (Phi) is 3.93. The summed E-state index contributed by atoms with van der Waals surface area (Å²) in [6, 6.07) is 7.06. The number of nitrogens with two attached hydrogens (primary N) is 1. The highest BCUT2D eigenvalue weighted by molar-refractivity contribution is 5.95. The molecule has 0 fully saturated rings. The SMILES string of the molecule is Cc1cc(CNc2ccc(C(=O)N(C)C)cc2N)no1. The van der Waals surface area contributed by atoms with Gasteiger partial charge in [-0.05, 0) is 25.1 Å². The van der Waals surface area contributed by atoms with Crippen LogP contribution in [-0.2, 0) is 6.54 Å². The highest BCUT2D eigenvalue weighted by Gasteiger charge is 2.10. The van der Waals surface area contributed by atoms with Crippen LogP contribution in [0.2, 0.25) is 0 Å².